The molecule has 3 N–H and O–H groups in total. The molecule has 0 aliphatic carbocycles. The molecule has 0 aromatic rings. The van der Waals surface area contributed by atoms with E-state index < -0.39 is 0 Å². The van der Waals surface area contributed by atoms with Crippen LogP contribution in [0, 0.1) is 11.8 Å². The number of amides is 1. The number of thioether (sulfide) groups is 1. The van der Waals surface area contributed by atoms with Crippen molar-refractivity contribution in [1.29, 1.82) is 0 Å². The molecule has 1 saturated heterocycles. The van der Waals surface area contributed by atoms with Gasteiger partial charge in [-0.3, -0.25) is 4.79 Å². The Morgan fingerprint density at radius 2 is 2.54 bits per heavy atom. The van der Waals surface area contributed by atoms with Gasteiger partial charge in [-0.1, -0.05) is 6.92 Å². The van der Waals surface area contributed by atoms with E-state index in [0.29, 0.717) is 12.5 Å². The van der Waals surface area contributed by atoms with Crippen LogP contribution in [0.25, 0.3) is 0 Å². The molecule has 1 aliphatic heterocycles. The topological polar surface area (TPSA) is 55.1 Å². The second-order valence-electron chi connectivity index (χ2n) is 3.61. The third-order valence-corrected chi connectivity index (χ3v) is 3.62. The van der Waals surface area contributed by atoms with Crippen molar-refractivity contribution >= 4 is 17.7 Å². The molecular weight excluding hydrogens is 184 g/mol. The number of nitrogens with one attached hydrogen (secondary N) is 1. The smallest absolute Gasteiger partial charge is 0.224 e. The van der Waals surface area contributed by atoms with Crippen LogP contribution in [0.2, 0.25) is 0 Å². The van der Waals surface area contributed by atoms with Crippen LogP contribution in [0.3, 0.4) is 0 Å². The summed E-state index contributed by atoms with van der Waals surface area (Å²) in [5, 5.41) is 2.94. The lowest BCUT2D eigenvalue weighted by atomic mass is 10.1. The second kappa shape index (κ2) is 5.50. The molecule has 2 unspecified atom stereocenters. The average molecular weight is 202 g/mol. The fraction of sp³-hybridized carbons (Fsp3) is 0.889. The molecule has 2 atom stereocenters. The van der Waals surface area contributed by atoms with Crippen molar-refractivity contribution in [1.82, 2.24) is 5.32 Å². The molecule has 1 rings (SSSR count). The van der Waals surface area contributed by atoms with E-state index in [1.54, 1.807) is 0 Å². The number of carbonyl (C=O) groups excluding carboxylic acids is 1. The number of hydrogen-bond donors (Lipinski definition) is 2. The molecule has 0 saturated carbocycles. The van der Waals surface area contributed by atoms with Gasteiger partial charge in [0, 0.05) is 19.0 Å². The lowest BCUT2D eigenvalue weighted by molar-refractivity contribution is -0.124. The van der Waals surface area contributed by atoms with Crippen LogP contribution in [0.15, 0.2) is 0 Å². The third-order valence-electron chi connectivity index (χ3n) is 2.39. The summed E-state index contributed by atoms with van der Waals surface area (Å²) in [5.74, 6) is 3.16. The Morgan fingerprint density at radius 3 is 3.08 bits per heavy atom. The van der Waals surface area contributed by atoms with Crippen LogP contribution >= 0.6 is 11.8 Å². The van der Waals surface area contributed by atoms with Crippen molar-refractivity contribution < 1.29 is 4.79 Å². The zero-order valence-electron chi connectivity index (χ0n) is 8.08. The minimum atomic E-state index is -0.0472. The first-order chi connectivity index (χ1) is 6.24. The van der Waals surface area contributed by atoms with Gasteiger partial charge in [0.25, 0.3) is 0 Å². The van der Waals surface area contributed by atoms with Gasteiger partial charge in [0.05, 0.1) is 0 Å². The molecule has 0 spiro atoms. The first-order valence-corrected chi connectivity index (χ1v) is 5.95. The zero-order valence-corrected chi connectivity index (χ0v) is 8.90. The van der Waals surface area contributed by atoms with Gasteiger partial charge in [0.15, 0.2) is 0 Å². The first-order valence-electron chi connectivity index (χ1n) is 4.79. The molecule has 1 aliphatic rings. The summed E-state index contributed by atoms with van der Waals surface area (Å²) in [6.45, 7) is 3.13. The Kier molecular flexibility index (Phi) is 4.59. The molecule has 0 aromatic heterocycles. The van der Waals surface area contributed by atoms with Crippen molar-refractivity contribution in [2.75, 3.05) is 24.6 Å². The standard InChI is InChI=1S/C9H18N2OS/c1-7(4-10)9(12)11-5-8-2-3-13-6-8/h7-8H,2-6,10H2,1H3,(H,11,12). The zero-order chi connectivity index (χ0) is 9.68. The molecule has 0 aromatic carbocycles. The predicted molar refractivity (Wildman–Crippen MR) is 56.7 cm³/mol. The maximum atomic E-state index is 11.3. The van der Waals surface area contributed by atoms with E-state index in [2.05, 4.69) is 5.32 Å². The van der Waals surface area contributed by atoms with Crippen LogP contribution in [-0.2, 0) is 4.79 Å². The number of carbonyl (C=O) groups is 1. The summed E-state index contributed by atoms with van der Waals surface area (Å²) < 4.78 is 0. The lowest BCUT2D eigenvalue weighted by Gasteiger charge is -2.12. The molecule has 1 heterocycles. The van der Waals surface area contributed by atoms with E-state index in [1.807, 2.05) is 18.7 Å². The summed E-state index contributed by atoms with van der Waals surface area (Å²) in [6.07, 6.45) is 1.24. The number of rotatable bonds is 4. The minimum Gasteiger partial charge on any atom is -0.356 e. The normalized spacial score (nSPS) is 24.3. The number of hydrogen-bond acceptors (Lipinski definition) is 3. The quantitative estimate of drug-likeness (QED) is 0.696. The van der Waals surface area contributed by atoms with Crippen LogP contribution in [-0.4, -0.2) is 30.5 Å². The molecule has 76 valence electrons. The van der Waals surface area contributed by atoms with Gasteiger partial charge in [-0.25, -0.2) is 0 Å². The van der Waals surface area contributed by atoms with E-state index >= 15 is 0 Å². The highest BCUT2D eigenvalue weighted by Gasteiger charge is 2.17. The van der Waals surface area contributed by atoms with Crippen molar-refractivity contribution in [3.05, 3.63) is 0 Å². The van der Waals surface area contributed by atoms with Gasteiger partial charge in [-0.05, 0) is 23.8 Å². The van der Waals surface area contributed by atoms with Gasteiger partial charge < -0.3 is 11.1 Å². The van der Waals surface area contributed by atoms with Gasteiger partial charge in [-0.15, -0.1) is 0 Å². The van der Waals surface area contributed by atoms with E-state index in [0.717, 1.165) is 6.54 Å². The molecule has 3 nitrogen and oxygen atoms in total. The Labute approximate surface area is 83.8 Å². The largest absolute Gasteiger partial charge is 0.356 e. The fourth-order valence-corrected chi connectivity index (χ4v) is 2.56. The fourth-order valence-electron chi connectivity index (χ4n) is 1.27. The van der Waals surface area contributed by atoms with Crippen molar-refractivity contribution in [2.45, 2.75) is 13.3 Å². The molecule has 13 heavy (non-hydrogen) atoms. The van der Waals surface area contributed by atoms with Crippen molar-refractivity contribution in [3.63, 3.8) is 0 Å². The van der Waals surface area contributed by atoms with Gasteiger partial charge >= 0.3 is 0 Å². The molecule has 0 radical (unpaired) electrons. The Bertz CT molecular complexity index is 169. The molecule has 4 heteroatoms. The van der Waals surface area contributed by atoms with Gasteiger partial charge in [0.1, 0.15) is 0 Å². The van der Waals surface area contributed by atoms with Crippen molar-refractivity contribution in [3.8, 4) is 0 Å². The molecule has 1 fully saturated rings. The highest BCUT2D eigenvalue weighted by molar-refractivity contribution is 7.99. The molecule has 0 bridgehead atoms. The summed E-state index contributed by atoms with van der Waals surface area (Å²) in [6, 6.07) is 0. The van der Waals surface area contributed by atoms with Crippen LogP contribution in [0.4, 0.5) is 0 Å². The summed E-state index contributed by atoms with van der Waals surface area (Å²) in [7, 11) is 0. The second-order valence-corrected chi connectivity index (χ2v) is 4.76. The molecule has 1 amide bonds. The summed E-state index contributed by atoms with van der Waals surface area (Å²) in [5.41, 5.74) is 5.39. The SMILES string of the molecule is CC(CN)C(=O)NCC1CCSC1. The highest BCUT2D eigenvalue weighted by Crippen LogP contribution is 2.22. The van der Waals surface area contributed by atoms with E-state index in [1.165, 1.54) is 17.9 Å². The Balaban J connectivity index is 2.13. The van der Waals surface area contributed by atoms with Crippen molar-refractivity contribution in [2.24, 2.45) is 17.6 Å². The monoisotopic (exact) mass is 202 g/mol. The highest BCUT2D eigenvalue weighted by atomic mass is 32.2. The Morgan fingerprint density at radius 1 is 1.77 bits per heavy atom. The van der Waals surface area contributed by atoms with E-state index in [4.69, 9.17) is 5.73 Å². The van der Waals surface area contributed by atoms with Crippen LogP contribution < -0.4 is 11.1 Å². The van der Waals surface area contributed by atoms with E-state index in [-0.39, 0.29) is 11.8 Å². The minimum absolute atomic E-state index is 0.0472. The van der Waals surface area contributed by atoms with Crippen LogP contribution in [0.1, 0.15) is 13.3 Å². The van der Waals surface area contributed by atoms with Gasteiger partial charge in [-0.2, -0.15) is 11.8 Å². The molecular formula is C9H18N2OS. The first kappa shape index (κ1) is 10.9. The maximum Gasteiger partial charge on any atom is 0.224 e. The van der Waals surface area contributed by atoms with Crippen LogP contribution in [0.5, 0.6) is 0 Å². The maximum absolute atomic E-state index is 11.3. The average Bonchev–Trinajstić information content (AvgIpc) is 2.65. The number of nitrogens with two attached hydrogens (primary N) is 1. The third kappa shape index (κ3) is 3.56. The van der Waals surface area contributed by atoms with Gasteiger partial charge in [0.2, 0.25) is 5.91 Å². The predicted octanol–water partition coefficient (Wildman–Crippen LogP) is 0.451. The summed E-state index contributed by atoms with van der Waals surface area (Å²) in [4.78, 5) is 11.3. The van der Waals surface area contributed by atoms with E-state index in [9.17, 15) is 4.79 Å². The lowest BCUT2D eigenvalue weighted by Crippen LogP contribution is -2.36. The Hall–Kier alpha value is -0.220. The summed E-state index contributed by atoms with van der Waals surface area (Å²) >= 11 is 1.97.